The summed E-state index contributed by atoms with van der Waals surface area (Å²) in [5.74, 6) is 1.38. The summed E-state index contributed by atoms with van der Waals surface area (Å²) >= 11 is 3.41. The highest BCUT2D eigenvalue weighted by molar-refractivity contribution is 7.99. The van der Waals surface area contributed by atoms with Crippen LogP contribution in [0.5, 0.6) is 5.75 Å². The lowest BCUT2D eigenvalue weighted by atomic mass is 9.97. The van der Waals surface area contributed by atoms with Gasteiger partial charge < -0.3 is 9.84 Å². The van der Waals surface area contributed by atoms with Crippen LogP contribution in [0.1, 0.15) is 28.8 Å². The van der Waals surface area contributed by atoms with Gasteiger partial charge in [0, 0.05) is 16.0 Å². The molecule has 1 aromatic carbocycles. The summed E-state index contributed by atoms with van der Waals surface area (Å²) in [6.45, 7) is 2.29. The number of aliphatic hydroxyl groups is 1. The maximum atomic E-state index is 10.3. The Morgan fingerprint density at radius 2 is 2.08 bits per heavy atom. The van der Waals surface area contributed by atoms with Crippen LogP contribution in [-0.2, 0) is 12.8 Å². The Morgan fingerprint density at radius 3 is 2.96 bits per heavy atom. The number of aliphatic hydroxyl groups excluding tert-OH is 1. The standard InChI is InChI=1S/C20H22N2O2S2/c1-13-6-2-4-8-16(13)24-10-14(23)11-25-19-18-15-7-3-5-9-17(15)26-20(18)22-12-21-19/h2,4,6,8,12,14,23H,3,5,7,9-11H2,1H3/t14-/m0/s1. The van der Waals surface area contributed by atoms with Gasteiger partial charge in [-0.25, -0.2) is 9.97 Å². The number of hydrogen-bond acceptors (Lipinski definition) is 6. The van der Waals surface area contributed by atoms with E-state index in [2.05, 4.69) is 9.97 Å². The SMILES string of the molecule is Cc1ccccc1OC[C@H](O)CSc1ncnc2sc3c(c12)CCCC3. The molecule has 0 bridgehead atoms. The number of fused-ring (bicyclic) bond motifs is 3. The summed E-state index contributed by atoms with van der Waals surface area (Å²) in [4.78, 5) is 11.5. The topological polar surface area (TPSA) is 55.2 Å². The first-order valence-corrected chi connectivity index (χ1v) is 10.8. The Hall–Kier alpha value is -1.63. The molecule has 3 aromatic rings. The first-order valence-electron chi connectivity index (χ1n) is 8.97. The van der Waals surface area contributed by atoms with E-state index in [1.54, 1.807) is 29.4 Å². The summed E-state index contributed by atoms with van der Waals surface area (Å²) < 4.78 is 5.76. The number of aryl methyl sites for hydroxylation is 3. The fraction of sp³-hybridized carbons (Fsp3) is 0.400. The van der Waals surface area contributed by atoms with Gasteiger partial charge in [-0.2, -0.15) is 0 Å². The zero-order valence-corrected chi connectivity index (χ0v) is 16.4. The molecule has 6 heteroatoms. The molecule has 0 radical (unpaired) electrons. The van der Waals surface area contributed by atoms with Gasteiger partial charge in [0.2, 0.25) is 0 Å². The van der Waals surface area contributed by atoms with Crippen molar-refractivity contribution in [2.75, 3.05) is 12.4 Å². The van der Waals surface area contributed by atoms with Gasteiger partial charge in [-0.1, -0.05) is 18.2 Å². The van der Waals surface area contributed by atoms with E-state index in [0.717, 1.165) is 34.0 Å². The molecular weight excluding hydrogens is 364 g/mol. The molecule has 0 aliphatic heterocycles. The van der Waals surface area contributed by atoms with Crippen LogP contribution < -0.4 is 4.74 Å². The third kappa shape index (κ3) is 3.72. The van der Waals surface area contributed by atoms with Gasteiger partial charge in [-0.15, -0.1) is 23.1 Å². The Morgan fingerprint density at radius 1 is 1.23 bits per heavy atom. The Balaban J connectivity index is 1.43. The number of rotatable bonds is 6. The van der Waals surface area contributed by atoms with Gasteiger partial charge in [0.05, 0.1) is 6.10 Å². The van der Waals surface area contributed by atoms with Crippen LogP contribution in [0.3, 0.4) is 0 Å². The molecule has 0 amide bonds. The molecule has 0 unspecified atom stereocenters. The van der Waals surface area contributed by atoms with E-state index >= 15 is 0 Å². The second-order valence-electron chi connectivity index (χ2n) is 6.61. The molecule has 1 aliphatic rings. The lowest BCUT2D eigenvalue weighted by molar-refractivity contribution is 0.126. The van der Waals surface area contributed by atoms with Gasteiger partial charge in [0.1, 0.15) is 28.5 Å². The van der Waals surface area contributed by atoms with Crippen LogP contribution in [0, 0.1) is 6.92 Å². The normalized spacial score (nSPS) is 15.0. The third-order valence-electron chi connectivity index (χ3n) is 4.65. The van der Waals surface area contributed by atoms with Crippen molar-refractivity contribution in [2.24, 2.45) is 0 Å². The van der Waals surface area contributed by atoms with Crippen LogP contribution in [0.25, 0.3) is 10.2 Å². The molecule has 4 nitrogen and oxygen atoms in total. The van der Waals surface area contributed by atoms with Crippen LogP contribution in [0.2, 0.25) is 0 Å². The predicted molar refractivity (Wildman–Crippen MR) is 107 cm³/mol. The predicted octanol–water partition coefficient (Wildman–Crippen LogP) is 4.41. The molecule has 4 rings (SSSR count). The highest BCUT2D eigenvalue weighted by atomic mass is 32.2. The van der Waals surface area contributed by atoms with Crippen molar-refractivity contribution in [3.63, 3.8) is 0 Å². The van der Waals surface area contributed by atoms with Crippen LogP contribution in [0.15, 0.2) is 35.6 Å². The number of nitrogens with zero attached hydrogens (tertiary/aromatic N) is 2. The van der Waals surface area contributed by atoms with Gasteiger partial charge in [-0.3, -0.25) is 0 Å². The van der Waals surface area contributed by atoms with Crippen molar-refractivity contribution in [3.8, 4) is 5.75 Å². The number of ether oxygens (including phenoxy) is 1. The summed E-state index contributed by atoms with van der Waals surface area (Å²) in [7, 11) is 0. The fourth-order valence-electron chi connectivity index (χ4n) is 3.30. The monoisotopic (exact) mass is 386 g/mol. The van der Waals surface area contributed by atoms with Crippen molar-refractivity contribution in [2.45, 2.75) is 43.7 Å². The van der Waals surface area contributed by atoms with Gasteiger partial charge in [0.25, 0.3) is 0 Å². The molecule has 0 saturated heterocycles. The highest BCUT2D eigenvalue weighted by Gasteiger charge is 2.20. The summed E-state index contributed by atoms with van der Waals surface area (Å²) in [5.41, 5.74) is 2.51. The van der Waals surface area contributed by atoms with E-state index in [0.29, 0.717) is 5.75 Å². The molecule has 1 aliphatic carbocycles. The van der Waals surface area contributed by atoms with E-state index in [4.69, 9.17) is 4.74 Å². The number of thioether (sulfide) groups is 1. The van der Waals surface area contributed by atoms with Gasteiger partial charge in [0.15, 0.2) is 0 Å². The van der Waals surface area contributed by atoms with Gasteiger partial charge in [-0.05, 0) is 49.8 Å². The lowest BCUT2D eigenvalue weighted by Gasteiger charge is -2.14. The minimum atomic E-state index is -0.543. The molecule has 0 saturated carbocycles. The second kappa shape index (κ2) is 7.94. The van der Waals surface area contributed by atoms with E-state index in [1.165, 1.54) is 28.7 Å². The highest BCUT2D eigenvalue weighted by Crippen LogP contribution is 2.39. The minimum absolute atomic E-state index is 0.286. The minimum Gasteiger partial charge on any atom is -0.491 e. The molecule has 1 N–H and O–H groups in total. The maximum absolute atomic E-state index is 10.3. The molecule has 0 spiro atoms. The summed E-state index contributed by atoms with van der Waals surface area (Å²) in [6, 6.07) is 7.87. The molecule has 2 heterocycles. The van der Waals surface area contributed by atoms with Crippen molar-refractivity contribution < 1.29 is 9.84 Å². The first-order chi connectivity index (χ1) is 12.7. The fourth-order valence-corrected chi connectivity index (χ4v) is 5.52. The van der Waals surface area contributed by atoms with Crippen molar-refractivity contribution in [1.29, 1.82) is 0 Å². The van der Waals surface area contributed by atoms with E-state index in [9.17, 15) is 5.11 Å². The molecule has 0 fully saturated rings. The average Bonchev–Trinajstić information content (AvgIpc) is 3.05. The number of hydrogen-bond donors (Lipinski definition) is 1. The van der Waals surface area contributed by atoms with Crippen molar-refractivity contribution in [1.82, 2.24) is 9.97 Å². The molecule has 1 atom stereocenters. The van der Waals surface area contributed by atoms with Crippen LogP contribution >= 0.6 is 23.1 Å². The summed E-state index contributed by atoms with van der Waals surface area (Å²) in [5, 5.41) is 12.5. The molecule has 136 valence electrons. The zero-order valence-electron chi connectivity index (χ0n) is 14.8. The first kappa shape index (κ1) is 17.8. The van der Waals surface area contributed by atoms with Crippen LogP contribution in [-0.4, -0.2) is 33.5 Å². The maximum Gasteiger partial charge on any atom is 0.128 e. The molecule has 2 aromatic heterocycles. The Bertz CT molecular complexity index is 910. The zero-order chi connectivity index (χ0) is 17.9. The second-order valence-corrected chi connectivity index (χ2v) is 8.70. The van der Waals surface area contributed by atoms with Crippen LogP contribution in [0.4, 0.5) is 0 Å². The molecular formula is C20H22N2O2S2. The summed E-state index contributed by atoms with van der Waals surface area (Å²) in [6.07, 6.45) is 5.89. The quantitative estimate of drug-likeness (QED) is 0.502. The average molecular weight is 387 g/mol. The molecule has 26 heavy (non-hydrogen) atoms. The van der Waals surface area contributed by atoms with Crippen molar-refractivity contribution in [3.05, 3.63) is 46.6 Å². The number of benzene rings is 1. The van der Waals surface area contributed by atoms with E-state index in [-0.39, 0.29) is 6.61 Å². The van der Waals surface area contributed by atoms with Crippen molar-refractivity contribution >= 4 is 33.3 Å². The Kier molecular flexibility index (Phi) is 5.43. The Labute approximate surface area is 161 Å². The number of para-hydroxylation sites is 1. The third-order valence-corrected chi connectivity index (χ3v) is 6.99. The smallest absolute Gasteiger partial charge is 0.128 e. The van der Waals surface area contributed by atoms with E-state index in [1.807, 2.05) is 31.2 Å². The largest absolute Gasteiger partial charge is 0.491 e. The number of aromatic nitrogens is 2. The number of thiophene rings is 1. The lowest BCUT2D eigenvalue weighted by Crippen LogP contribution is -2.20. The van der Waals surface area contributed by atoms with E-state index < -0.39 is 6.10 Å². The van der Waals surface area contributed by atoms with Gasteiger partial charge >= 0.3 is 0 Å².